The molecular weight excluding hydrogens is 380 g/mol. The van der Waals surface area contributed by atoms with Crippen LogP contribution in [0, 0.1) is 5.41 Å². The van der Waals surface area contributed by atoms with Gasteiger partial charge in [-0.05, 0) is 60.9 Å². The third-order valence-corrected chi connectivity index (χ3v) is 7.16. The van der Waals surface area contributed by atoms with E-state index in [1.54, 1.807) is 17.4 Å². The Balaban J connectivity index is 1.38. The average Bonchev–Trinajstić information content (AvgIpc) is 3.21. The second-order valence-electron chi connectivity index (χ2n) is 8.51. The SMILES string of the molecule is O=C(C=Cc1cc(CO)cs1)N1CCCC2(CCCN(Cc3ccccc3)C2)C1. The Morgan fingerprint density at radius 3 is 2.66 bits per heavy atom. The van der Waals surface area contributed by atoms with E-state index < -0.39 is 0 Å². The first-order valence-corrected chi connectivity index (χ1v) is 11.5. The maximum atomic E-state index is 12.8. The van der Waals surface area contributed by atoms with Crippen molar-refractivity contribution in [2.24, 2.45) is 5.41 Å². The first-order valence-electron chi connectivity index (χ1n) is 10.6. The summed E-state index contributed by atoms with van der Waals surface area (Å²) in [5.41, 5.74) is 2.51. The lowest BCUT2D eigenvalue weighted by atomic mass is 9.73. The van der Waals surface area contributed by atoms with Crippen LogP contribution in [0.5, 0.6) is 0 Å². The number of aliphatic hydroxyl groups excluding tert-OH is 1. The highest BCUT2D eigenvalue weighted by atomic mass is 32.1. The second kappa shape index (κ2) is 9.24. The fraction of sp³-hybridized carbons (Fsp3) is 0.458. The first-order chi connectivity index (χ1) is 14.2. The predicted molar refractivity (Wildman–Crippen MR) is 118 cm³/mol. The third-order valence-electron chi connectivity index (χ3n) is 6.21. The van der Waals surface area contributed by atoms with E-state index in [9.17, 15) is 9.90 Å². The van der Waals surface area contributed by atoms with Gasteiger partial charge in [0.1, 0.15) is 0 Å². The van der Waals surface area contributed by atoms with Gasteiger partial charge in [0.05, 0.1) is 6.61 Å². The Hall–Kier alpha value is -1.95. The second-order valence-corrected chi connectivity index (χ2v) is 9.45. The number of likely N-dealkylation sites (tertiary alicyclic amines) is 2. The zero-order valence-corrected chi connectivity index (χ0v) is 17.7. The average molecular weight is 411 g/mol. The standard InChI is InChI=1S/C24H30N2O2S/c27-16-21-14-22(29-17-21)8-9-23(28)26-13-5-11-24(19-26)10-4-12-25(18-24)15-20-6-2-1-3-7-20/h1-3,6-9,14,17,27H,4-5,10-13,15-16,18-19H2. The van der Waals surface area contributed by atoms with Gasteiger partial charge in [-0.15, -0.1) is 11.3 Å². The van der Waals surface area contributed by atoms with E-state index in [4.69, 9.17) is 0 Å². The monoisotopic (exact) mass is 410 g/mol. The molecule has 1 N–H and O–H groups in total. The molecule has 0 radical (unpaired) electrons. The fourth-order valence-electron chi connectivity index (χ4n) is 4.84. The summed E-state index contributed by atoms with van der Waals surface area (Å²) in [5.74, 6) is 0.114. The third kappa shape index (κ3) is 5.16. The van der Waals surface area contributed by atoms with Gasteiger partial charge in [-0.2, -0.15) is 0 Å². The van der Waals surface area contributed by atoms with Crippen molar-refractivity contribution >= 4 is 23.3 Å². The number of rotatable bonds is 5. The minimum Gasteiger partial charge on any atom is -0.392 e. The molecule has 1 spiro atoms. The number of nitrogens with zero attached hydrogens (tertiary/aromatic N) is 2. The topological polar surface area (TPSA) is 43.8 Å². The molecule has 0 saturated carbocycles. The van der Waals surface area contributed by atoms with Gasteiger partial charge in [0.25, 0.3) is 0 Å². The van der Waals surface area contributed by atoms with Crippen LogP contribution in [0.1, 0.15) is 41.7 Å². The quantitative estimate of drug-likeness (QED) is 0.753. The molecule has 2 aromatic rings. The molecular formula is C24H30N2O2S. The van der Waals surface area contributed by atoms with Crippen molar-refractivity contribution in [1.29, 1.82) is 0 Å². The van der Waals surface area contributed by atoms with Crippen LogP contribution >= 0.6 is 11.3 Å². The van der Waals surface area contributed by atoms with Crippen molar-refractivity contribution in [3.05, 3.63) is 63.9 Å². The van der Waals surface area contributed by atoms with E-state index in [1.165, 1.54) is 24.8 Å². The lowest BCUT2D eigenvalue weighted by Crippen LogP contribution is -2.53. The van der Waals surface area contributed by atoms with Gasteiger partial charge in [-0.25, -0.2) is 0 Å². The maximum Gasteiger partial charge on any atom is 0.246 e. The molecule has 1 aromatic carbocycles. The summed E-state index contributed by atoms with van der Waals surface area (Å²) in [6.07, 6.45) is 8.33. The van der Waals surface area contributed by atoms with Gasteiger partial charge in [0, 0.05) is 42.5 Å². The molecule has 3 heterocycles. The van der Waals surface area contributed by atoms with Gasteiger partial charge in [0.2, 0.25) is 5.91 Å². The number of hydrogen-bond acceptors (Lipinski definition) is 4. The summed E-state index contributed by atoms with van der Waals surface area (Å²) in [4.78, 5) is 18.5. The van der Waals surface area contributed by atoms with Crippen LogP contribution in [0.4, 0.5) is 0 Å². The molecule has 4 nitrogen and oxygen atoms in total. The molecule has 1 atom stereocenters. The summed E-state index contributed by atoms with van der Waals surface area (Å²) < 4.78 is 0. The zero-order valence-electron chi connectivity index (χ0n) is 16.9. The summed E-state index contributed by atoms with van der Waals surface area (Å²) in [6, 6.07) is 12.6. The molecule has 1 amide bonds. The molecule has 2 aliphatic heterocycles. The van der Waals surface area contributed by atoms with E-state index in [0.29, 0.717) is 0 Å². The Labute approximate surface area is 177 Å². The summed E-state index contributed by atoms with van der Waals surface area (Å²) in [6.45, 7) is 5.01. The van der Waals surface area contributed by atoms with E-state index >= 15 is 0 Å². The van der Waals surface area contributed by atoms with Crippen LogP contribution in [0.3, 0.4) is 0 Å². The number of carbonyl (C=O) groups is 1. The Kier molecular flexibility index (Phi) is 6.48. The van der Waals surface area contributed by atoms with Crippen LogP contribution < -0.4 is 0 Å². The van der Waals surface area contributed by atoms with E-state index in [0.717, 1.165) is 49.6 Å². The molecule has 29 heavy (non-hydrogen) atoms. The number of amides is 1. The first kappa shape index (κ1) is 20.3. The van der Waals surface area contributed by atoms with E-state index in [1.807, 2.05) is 22.4 Å². The van der Waals surface area contributed by atoms with Gasteiger partial charge in [0.15, 0.2) is 0 Å². The largest absolute Gasteiger partial charge is 0.392 e. The highest BCUT2D eigenvalue weighted by Gasteiger charge is 2.39. The molecule has 2 saturated heterocycles. The zero-order chi connectivity index (χ0) is 20.1. The Bertz CT molecular complexity index is 844. The fourth-order valence-corrected chi connectivity index (χ4v) is 5.64. The van der Waals surface area contributed by atoms with Crippen LogP contribution in [0.25, 0.3) is 6.08 Å². The number of carbonyl (C=O) groups excluding carboxylic acids is 1. The van der Waals surface area contributed by atoms with Crippen molar-refractivity contribution in [3.63, 3.8) is 0 Å². The molecule has 2 aliphatic rings. The molecule has 154 valence electrons. The Morgan fingerprint density at radius 2 is 1.90 bits per heavy atom. The lowest BCUT2D eigenvalue weighted by molar-refractivity contribution is -0.130. The van der Waals surface area contributed by atoms with Crippen molar-refractivity contribution in [2.75, 3.05) is 26.2 Å². The number of piperidine rings is 2. The van der Waals surface area contributed by atoms with Crippen LogP contribution in [-0.2, 0) is 17.9 Å². The van der Waals surface area contributed by atoms with Gasteiger partial charge in [-0.3, -0.25) is 9.69 Å². The molecule has 5 heteroatoms. The Morgan fingerprint density at radius 1 is 1.10 bits per heavy atom. The van der Waals surface area contributed by atoms with Crippen LogP contribution in [0.2, 0.25) is 0 Å². The van der Waals surface area contributed by atoms with Crippen molar-refractivity contribution < 1.29 is 9.90 Å². The highest BCUT2D eigenvalue weighted by Crippen LogP contribution is 2.39. The summed E-state index contributed by atoms with van der Waals surface area (Å²) in [7, 11) is 0. The van der Waals surface area contributed by atoms with Crippen molar-refractivity contribution in [2.45, 2.75) is 38.8 Å². The molecule has 0 bridgehead atoms. The minimum absolute atomic E-state index is 0.0480. The summed E-state index contributed by atoms with van der Waals surface area (Å²) in [5, 5.41) is 11.1. The van der Waals surface area contributed by atoms with Gasteiger partial charge < -0.3 is 10.0 Å². The van der Waals surface area contributed by atoms with Crippen molar-refractivity contribution in [3.8, 4) is 0 Å². The van der Waals surface area contributed by atoms with E-state index in [-0.39, 0.29) is 17.9 Å². The normalized spacial score (nSPS) is 23.1. The van der Waals surface area contributed by atoms with Gasteiger partial charge in [-0.1, -0.05) is 30.3 Å². The molecule has 1 unspecified atom stereocenters. The van der Waals surface area contributed by atoms with Crippen LogP contribution in [-0.4, -0.2) is 47.0 Å². The molecule has 1 aromatic heterocycles. The maximum absolute atomic E-state index is 12.8. The molecule has 2 fully saturated rings. The minimum atomic E-state index is 0.0480. The smallest absolute Gasteiger partial charge is 0.246 e. The number of aliphatic hydroxyl groups is 1. The number of benzene rings is 1. The molecule has 0 aliphatic carbocycles. The lowest BCUT2D eigenvalue weighted by Gasteiger charge is -2.48. The molecule has 4 rings (SSSR count). The summed E-state index contributed by atoms with van der Waals surface area (Å²) >= 11 is 1.56. The van der Waals surface area contributed by atoms with Crippen molar-refractivity contribution in [1.82, 2.24) is 9.80 Å². The number of thiophene rings is 1. The van der Waals surface area contributed by atoms with E-state index in [2.05, 4.69) is 35.2 Å². The number of hydrogen-bond donors (Lipinski definition) is 1. The highest BCUT2D eigenvalue weighted by molar-refractivity contribution is 7.11. The van der Waals surface area contributed by atoms with Gasteiger partial charge >= 0.3 is 0 Å². The predicted octanol–water partition coefficient (Wildman–Crippen LogP) is 4.16. The van der Waals surface area contributed by atoms with Crippen LogP contribution in [0.15, 0.2) is 47.9 Å².